The first-order valence-electron chi connectivity index (χ1n) is 6.59. The van der Waals surface area contributed by atoms with Crippen LogP contribution in [0.15, 0.2) is 18.2 Å². The topological polar surface area (TPSA) is 118 Å². The van der Waals surface area contributed by atoms with Gasteiger partial charge in [0.15, 0.2) is 0 Å². The first-order chi connectivity index (χ1) is 10.3. The zero-order chi connectivity index (χ0) is 16.1. The maximum absolute atomic E-state index is 12.6. The number of aromatic nitrogens is 2. The van der Waals surface area contributed by atoms with Gasteiger partial charge >= 0.3 is 5.97 Å². The van der Waals surface area contributed by atoms with Gasteiger partial charge in [0.2, 0.25) is 21.9 Å². The molecule has 0 unspecified atom stereocenters. The Kier molecular flexibility index (Phi) is 3.17. The molecule has 0 saturated heterocycles. The molecule has 0 radical (unpaired) electrons. The monoisotopic (exact) mass is 323 g/mol. The van der Waals surface area contributed by atoms with E-state index >= 15 is 0 Å². The van der Waals surface area contributed by atoms with Crippen LogP contribution in [0.1, 0.15) is 30.1 Å². The summed E-state index contributed by atoms with van der Waals surface area (Å²) in [7, 11) is -3.72. The van der Waals surface area contributed by atoms with Gasteiger partial charge in [-0.25, -0.2) is 22.2 Å². The van der Waals surface area contributed by atoms with E-state index in [-0.39, 0.29) is 22.5 Å². The number of carbonyl (C=O) groups is 2. The lowest BCUT2D eigenvalue weighted by molar-refractivity contribution is -0.114. The van der Waals surface area contributed by atoms with Crippen molar-refractivity contribution in [3.05, 3.63) is 23.8 Å². The second-order valence-corrected chi connectivity index (χ2v) is 7.17. The predicted molar refractivity (Wildman–Crippen MR) is 78.3 cm³/mol. The molecule has 2 aromatic rings. The molecular formula is C13H13N3O5S. The number of nitrogens with zero attached hydrogens (tertiary/aromatic N) is 2. The number of hydrogen-bond acceptors (Lipinski definition) is 5. The summed E-state index contributed by atoms with van der Waals surface area (Å²) in [4.78, 5) is 26.6. The molecule has 0 bridgehead atoms. The lowest BCUT2D eigenvalue weighted by atomic mass is 10.2. The van der Waals surface area contributed by atoms with Gasteiger partial charge in [-0.1, -0.05) is 6.07 Å². The van der Waals surface area contributed by atoms with Crippen LogP contribution in [-0.2, 0) is 14.8 Å². The average Bonchev–Trinajstić information content (AvgIpc) is 3.19. The first-order valence-corrected chi connectivity index (χ1v) is 8.09. The smallest absolute Gasteiger partial charge is 0.337 e. The molecule has 1 saturated carbocycles. The Hall–Kier alpha value is -2.42. The molecule has 0 spiro atoms. The van der Waals surface area contributed by atoms with Crippen molar-refractivity contribution in [3.8, 4) is 0 Å². The summed E-state index contributed by atoms with van der Waals surface area (Å²) >= 11 is 0. The molecule has 1 aliphatic rings. The van der Waals surface area contributed by atoms with E-state index in [2.05, 4.69) is 10.3 Å². The highest BCUT2D eigenvalue weighted by Gasteiger charge is 2.39. The fourth-order valence-electron chi connectivity index (χ4n) is 2.26. The Morgan fingerprint density at radius 2 is 2.05 bits per heavy atom. The lowest BCUT2D eigenvalue weighted by Gasteiger charge is -2.09. The molecule has 1 aliphatic carbocycles. The van der Waals surface area contributed by atoms with Crippen LogP contribution in [0.4, 0.5) is 5.95 Å². The minimum Gasteiger partial charge on any atom is -0.478 e. The maximum atomic E-state index is 12.6. The molecule has 1 aromatic heterocycles. The quantitative estimate of drug-likeness (QED) is 0.867. The van der Waals surface area contributed by atoms with Crippen LogP contribution in [0, 0.1) is 0 Å². The number of carboxylic acid groups (broad SMARTS) is 1. The van der Waals surface area contributed by atoms with Crippen molar-refractivity contribution in [3.63, 3.8) is 0 Å². The highest BCUT2D eigenvalue weighted by atomic mass is 32.2. The van der Waals surface area contributed by atoms with E-state index in [1.165, 1.54) is 25.1 Å². The molecule has 1 heterocycles. The number of imidazole rings is 1. The molecule has 2 N–H and O–H groups in total. The molecular weight excluding hydrogens is 310 g/mol. The van der Waals surface area contributed by atoms with Crippen molar-refractivity contribution in [2.24, 2.45) is 0 Å². The van der Waals surface area contributed by atoms with E-state index in [0.29, 0.717) is 12.8 Å². The average molecular weight is 323 g/mol. The Balaban J connectivity index is 2.34. The van der Waals surface area contributed by atoms with Crippen LogP contribution >= 0.6 is 0 Å². The molecule has 1 fully saturated rings. The van der Waals surface area contributed by atoms with Crippen LogP contribution < -0.4 is 5.32 Å². The molecule has 3 rings (SSSR count). The van der Waals surface area contributed by atoms with Gasteiger partial charge in [-0.05, 0) is 25.0 Å². The third-order valence-electron chi connectivity index (χ3n) is 3.36. The van der Waals surface area contributed by atoms with Gasteiger partial charge < -0.3 is 5.11 Å². The van der Waals surface area contributed by atoms with E-state index in [0.717, 1.165) is 3.97 Å². The fourth-order valence-corrected chi connectivity index (χ4v) is 4.04. The lowest BCUT2D eigenvalue weighted by Crippen LogP contribution is -2.21. The standard InChI is InChI=1S/C13H13N3O5S/c1-7(17)14-13-15-11-9(12(18)19)3-2-4-10(11)16(13)22(20,21)8-5-6-8/h2-4,8H,5-6H2,1H3,(H,18,19)(H,14,15,17). The van der Waals surface area contributed by atoms with Crippen molar-refractivity contribution >= 4 is 38.9 Å². The fraction of sp³-hybridized carbons (Fsp3) is 0.308. The van der Waals surface area contributed by atoms with Gasteiger partial charge in [-0.2, -0.15) is 0 Å². The number of carboxylic acids is 1. The molecule has 0 atom stereocenters. The summed E-state index contributed by atoms with van der Waals surface area (Å²) in [5.41, 5.74) is 0.0624. The molecule has 116 valence electrons. The number of aromatic carboxylic acids is 1. The number of para-hydroxylation sites is 1. The van der Waals surface area contributed by atoms with Gasteiger partial charge in [0.25, 0.3) is 0 Å². The van der Waals surface area contributed by atoms with Crippen molar-refractivity contribution in [1.29, 1.82) is 0 Å². The number of carbonyl (C=O) groups excluding carboxylic acids is 1. The Morgan fingerprint density at radius 1 is 1.36 bits per heavy atom. The van der Waals surface area contributed by atoms with E-state index in [9.17, 15) is 23.1 Å². The number of nitrogens with one attached hydrogen (secondary N) is 1. The van der Waals surface area contributed by atoms with E-state index < -0.39 is 27.1 Å². The summed E-state index contributed by atoms with van der Waals surface area (Å²) in [6.07, 6.45) is 1.08. The molecule has 9 heteroatoms. The Morgan fingerprint density at radius 3 is 2.59 bits per heavy atom. The normalized spacial score (nSPS) is 15.0. The summed E-state index contributed by atoms with van der Waals surface area (Å²) in [5.74, 6) is -1.88. The number of benzene rings is 1. The van der Waals surface area contributed by atoms with Crippen LogP contribution in [0.5, 0.6) is 0 Å². The minimum absolute atomic E-state index is 0.0305. The summed E-state index contributed by atoms with van der Waals surface area (Å²) in [6.45, 7) is 1.23. The molecule has 0 aliphatic heterocycles. The molecule has 1 amide bonds. The molecule has 22 heavy (non-hydrogen) atoms. The van der Waals surface area contributed by atoms with E-state index in [4.69, 9.17) is 0 Å². The largest absolute Gasteiger partial charge is 0.478 e. The first kappa shape index (κ1) is 14.5. The van der Waals surface area contributed by atoms with Gasteiger partial charge in [-0.3, -0.25) is 10.1 Å². The zero-order valence-corrected chi connectivity index (χ0v) is 12.4. The van der Waals surface area contributed by atoms with E-state index in [1.54, 1.807) is 0 Å². The highest BCUT2D eigenvalue weighted by Crippen LogP contribution is 2.34. The predicted octanol–water partition coefficient (Wildman–Crippen LogP) is 1.03. The van der Waals surface area contributed by atoms with Crippen LogP contribution in [0.25, 0.3) is 11.0 Å². The van der Waals surface area contributed by atoms with Crippen molar-refractivity contribution < 1.29 is 23.1 Å². The third kappa shape index (κ3) is 2.23. The minimum atomic E-state index is -3.72. The van der Waals surface area contributed by atoms with Gasteiger partial charge in [0, 0.05) is 6.92 Å². The number of hydrogen-bond donors (Lipinski definition) is 2. The zero-order valence-electron chi connectivity index (χ0n) is 11.6. The Bertz CT molecular complexity index is 896. The van der Waals surface area contributed by atoms with Crippen molar-refractivity contribution in [2.45, 2.75) is 25.0 Å². The summed E-state index contributed by atoms with van der Waals surface area (Å²) in [5, 5.41) is 11.0. The molecule has 1 aromatic carbocycles. The second-order valence-electron chi connectivity index (χ2n) is 5.10. The number of fused-ring (bicyclic) bond motifs is 1. The summed E-state index contributed by atoms with van der Waals surface area (Å²) in [6, 6.07) is 4.26. The Labute approximate surface area is 125 Å². The second kappa shape index (κ2) is 4.80. The number of anilines is 1. The third-order valence-corrected chi connectivity index (χ3v) is 5.55. The van der Waals surface area contributed by atoms with Gasteiger partial charge in [0.05, 0.1) is 16.3 Å². The summed E-state index contributed by atoms with van der Waals surface area (Å²) < 4.78 is 26.1. The number of amides is 1. The number of rotatable bonds is 4. The van der Waals surface area contributed by atoms with Crippen LogP contribution in [0.3, 0.4) is 0 Å². The SMILES string of the molecule is CC(=O)Nc1nc2c(C(=O)O)cccc2n1S(=O)(=O)C1CC1. The highest BCUT2D eigenvalue weighted by molar-refractivity contribution is 7.91. The van der Waals surface area contributed by atoms with Crippen LogP contribution in [0.2, 0.25) is 0 Å². The maximum Gasteiger partial charge on any atom is 0.337 e. The van der Waals surface area contributed by atoms with Gasteiger partial charge in [0.1, 0.15) is 5.52 Å². The van der Waals surface area contributed by atoms with Crippen molar-refractivity contribution in [2.75, 3.05) is 5.32 Å². The molecule has 8 nitrogen and oxygen atoms in total. The van der Waals surface area contributed by atoms with Crippen LogP contribution in [-0.4, -0.2) is 39.6 Å². The van der Waals surface area contributed by atoms with Crippen molar-refractivity contribution in [1.82, 2.24) is 8.96 Å². The van der Waals surface area contributed by atoms with E-state index in [1.807, 2.05) is 0 Å². The van der Waals surface area contributed by atoms with Gasteiger partial charge in [-0.15, -0.1) is 0 Å².